The van der Waals surface area contributed by atoms with E-state index in [1.54, 1.807) is 37.4 Å². The Kier molecular flexibility index (Phi) is 6.19. The highest BCUT2D eigenvalue weighted by Gasteiger charge is 2.53. The van der Waals surface area contributed by atoms with Gasteiger partial charge >= 0.3 is 5.97 Å². The average molecular weight is 569 g/mol. The molecule has 0 radical (unpaired) electrons. The van der Waals surface area contributed by atoms with E-state index in [-0.39, 0.29) is 35.8 Å². The molecule has 4 atom stereocenters. The summed E-state index contributed by atoms with van der Waals surface area (Å²) in [5.74, 6) is -0.356. The summed E-state index contributed by atoms with van der Waals surface area (Å²) in [6.45, 7) is 6.14. The summed E-state index contributed by atoms with van der Waals surface area (Å²) >= 11 is 0. The van der Waals surface area contributed by atoms with Gasteiger partial charge in [0.25, 0.3) is 10.0 Å². The maximum absolute atomic E-state index is 14.0. The van der Waals surface area contributed by atoms with Crippen LogP contribution in [0.3, 0.4) is 0 Å². The Hall–Kier alpha value is -3.72. The summed E-state index contributed by atoms with van der Waals surface area (Å²) in [5, 5.41) is 0.819. The number of aromatic nitrogens is 1. The first-order chi connectivity index (χ1) is 19.8. The van der Waals surface area contributed by atoms with E-state index in [4.69, 9.17) is 9.47 Å². The summed E-state index contributed by atoms with van der Waals surface area (Å²) < 4.78 is 41.4. The van der Waals surface area contributed by atoms with Gasteiger partial charge in [0.05, 0.1) is 35.2 Å². The first kappa shape index (κ1) is 26.2. The fourth-order valence-electron chi connectivity index (χ4n) is 6.87. The van der Waals surface area contributed by atoms with E-state index in [0.717, 1.165) is 22.9 Å². The van der Waals surface area contributed by atoms with Gasteiger partial charge in [0.1, 0.15) is 6.23 Å². The molecular formula is C33H32N2O5S. The molecule has 210 valence electrons. The molecule has 7 rings (SSSR count). The van der Waals surface area contributed by atoms with Crippen molar-refractivity contribution in [3.05, 3.63) is 112 Å². The molecule has 3 aromatic carbocycles. The summed E-state index contributed by atoms with van der Waals surface area (Å²) in [5.41, 5.74) is 6.72. The monoisotopic (exact) mass is 568 g/mol. The Morgan fingerprint density at radius 1 is 1.00 bits per heavy atom. The van der Waals surface area contributed by atoms with Crippen LogP contribution in [0.15, 0.2) is 89.5 Å². The molecule has 0 N–H and O–H groups in total. The largest absolute Gasteiger partial charge is 0.463 e. The number of carbonyl (C=O) groups excluding carboxylic acids is 1. The normalized spacial score (nSPS) is 23.6. The summed E-state index contributed by atoms with van der Waals surface area (Å²) in [7, 11) is -3.88. The zero-order valence-electron chi connectivity index (χ0n) is 23.3. The number of aryl methyl sites for hydroxylation is 2. The highest BCUT2D eigenvalue weighted by atomic mass is 32.2. The molecule has 7 nitrogen and oxygen atoms in total. The van der Waals surface area contributed by atoms with Gasteiger partial charge in [-0.25, -0.2) is 17.2 Å². The standard InChI is InChI=1S/C33H32N2O5S/c1-4-39-33(36)23-16-28(35-30(18-23)40-29-17-22-9-7-8-21(3)31(22)32(29)35)26-19-34(27-11-6-5-10-25(26)27)41(37,38)24-14-12-20(2)13-15-24/h5-16,19,28-30,32H,4,17-18H2,1-3H3/t28-,29+,30+,32+/m0/s1. The number of carbonyl (C=O) groups is 1. The number of esters is 1. The lowest BCUT2D eigenvalue weighted by Crippen LogP contribution is -2.40. The molecule has 4 aromatic rings. The smallest absolute Gasteiger partial charge is 0.333 e. The Bertz CT molecular complexity index is 1820. The van der Waals surface area contributed by atoms with Crippen molar-refractivity contribution in [2.24, 2.45) is 0 Å². The Morgan fingerprint density at radius 2 is 1.78 bits per heavy atom. The lowest BCUT2D eigenvalue weighted by Gasteiger charge is -2.38. The van der Waals surface area contributed by atoms with E-state index in [1.165, 1.54) is 20.7 Å². The van der Waals surface area contributed by atoms with Crippen molar-refractivity contribution in [3.63, 3.8) is 0 Å². The van der Waals surface area contributed by atoms with Gasteiger partial charge in [-0.3, -0.25) is 4.90 Å². The Labute approximate surface area is 240 Å². The average Bonchev–Trinajstić information content (AvgIpc) is 3.63. The van der Waals surface area contributed by atoms with Crippen LogP contribution < -0.4 is 0 Å². The zero-order valence-corrected chi connectivity index (χ0v) is 24.1. The third-order valence-corrected chi connectivity index (χ3v) is 10.4. The predicted molar refractivity (Wildman–Crippen MR) is 156 cm³/mol. The fourth-order valence-corrected chi connectivity index (χ4v) is 8.25. The number of hydrogen-bond donors (Lipinski definition) is 0. The maximum Gasteiger partial charge on any atom is 0.333 e. The molecule has 2 aliphatic heterocycles. The molecule has 8 heteroatoms. The van der Waals surface area contributed by atoms with E-state index in [2.05, 4.69) is 30.0 Å². The molecule has 0 unspecified atom stereocenters. The van der Waals surface area contributed by atoms with E-state index in [0.29, 0.717) is 17.5 Å². The molecule has 0 amide bonds. The van der Waals surface area contributed by atoms with Crippen LogP contribution >= 0.6 is 0 Å². The molecule has 0 spiro atoms. The van der Waals surface area contributed by atoms with Crippen LogP contribution in [-0.2, 0) is 30.7 Å². The van der Waals surface area contributed by atoms with Crippen molar-refractivity contribution in [3.8, 4) is 0 Å². The summed E-state index contributed by atoms with van der Waals surface area (Å²) in [6.07, 6.45) is 4.54. The number of hydrogen-bond acceptors (Lipinski definition) is 6. The summed E-state index contributed by atoms with van der Waals surface area (Å²) in [4.78, 5) is 15.6. The van der Waals surface area contributed by atoms with Crippen molar-refractivity contribution in [1.82, 2.24) is 8.87 Å². The second kappa shape index (κ2) is 9.69. The van der Waals surface area contributed by atoms with Crippen LogP contribution in [0.4, 0.5) is 0 Å². The minimum absolute atomic E-state index is 0.00277. The quantitative estimate of drug-likeness (QED) is 0.285. The third kappa shape index (κ3) is 4.08. The van der Waals surface area contributed by atoms with Crippen molar-refractivity contribution in [1.29, 1.82) is 0 Å². The van der Waals surface area contributed by atoms with Crippen molar-refractivity contribution >= 4 is 26.9 Å². The second-order valence-electron chi connectivity index (χ2n) is 11.1. The van der Waals surface area contributed by atoms with Crippen molar-refractivity contribution in [2.45, 2.75) is 62.9 Å². The van der Waals surface area contributed by atoms with Crippen LogP contribution in [0.5, 0.6) is 0 Å². The predicted octanol–water partition coefficient (Wildman–Crippen LogP) is 5.75. The SMILES string of the molecule is CCOC(=O)C1=C[C@@H](c2cn(S(=O)(=O)c3ccc(C)cc3)c3ccccc23)N2[C@@H](C1)O[C@@H]1Cc3cccc(C)c3[C@@H]12. The van der Waals surface area contributed by atoms with Crippen molar-refractivity contribution < 1.29 is 22.7 Å². The first-order valence-corrected chi connectivity index (χ1v) is 15.5. The molecular weight excluding hydrogens is 536 g/mol. The highest BCUT2D eigenvalue weighted by Crippen LogP contribution is 2.53. The molecule has 1 aromatic heterocycles. The van der Waals surface area contributed by atoms with Gasteiger partial charge in [0, 0.05) is 35.6 Å². The minimum atomic E-state index is -3.88. The molecule has 1 aliphatic carbocycles. The van der Waals surface area contributed by atoms with Gasteiger partial charge in [-0.1, -0.05) is 60.2 Å². The topological polar surface area (TPSA) is 77.8 Å². The van der Waals surface area contributed by atoms with Crippen LogP contribution in [0, 0.1) is 13.8 Å². The first-order valence-electron chi connectivity index (χ1n) is 14.1. The zero-order chi connectivity index (χ0) is 28.5. The van der Waals surface area contributed by atoms with E-state index in [9.17, 15) is 13.2 Å². The molecule has 0 bridgehead atoms. The van der Waals surface area contributed by atoms with Gasteiger partial charge in [0.2, 0.25) is 0 Å². The molecule has 1 saturated heterocycles. The number of rotatable bonds is 5. The molecule has 41 heavy (non-hydrogen) atoms. The second-order valence-corrected chi connectivity index (χ2v) is 13.0. The molecule has 1 fully saturated rings. The van der Waals surface area contributed by atoms with Crippen LogP contribution in [0.1, 0.15) is 53.2 Å². The van der Waals surface area contributed by atoms with Crippen LogP contribution in [-0.4, -0.2) is 42.2 Å². The van der Waals surface area contributed by atoms with Crippen LogP contribution in [0.25, 0.3) is 10.9 Å². The maximum atomic E-state index is 14.0. The van der Waals surface area contributed by atoms with E-state index < -0.39 is 16.1 Å². The summed E-state index contributed by atoms with van der Waals surface area (Å²) in [6, 6.07) is 20.4. The van der Waals surface area contributed by atoms with Gasteiger partial charge in [-0.2, -0.15) is 0 Å². The number of nitrogens with zero attached hydrogens (tertiary/aromatic N) is 2. The minimum Gasteiger partial charge on any atom is -0.463 e. The van der Waals surface area contributed by atoms with Gasteiger partial charge < -0.3 is 9.47 Å². The molecule has 3 heterocycles. The molecule has 3 aliphatic rings. The number of ether oxygens (including phenoxy) is 2. The van der Waals surface area contributed by atoms with Crippen LogP contribution in [0.2, 0.25) is 0 Å². The Balaban J connectivity index is 1.42. The molecule has 0 saturated carbocycles. The fraction of sp³-hybridized carbons (Fsp3) is 0.303. The lowest BCUT2D eigenvalue weighted by molar-refractivity contribution is -0.139. The third-order valence-electron chi connectivity index (χ3n) is 8.69. The van der Waals surface area contributed by atoms with E-state index in [1.807, 2.05) is 37.3 Å². The number of para-hydroxylation sites is 1. The van der Waals surface area contributed by atoms with Gasteiger partial charge in [-0.15, -0.1) is 0 Å². The number of benzene rings is 3. The van der Waals surface area contributed by atoms with Gasteiger partial charge in [-0.05, 0) is 55.7 Å². The lowest BCUT2D eigenvalue weighted by atomic mass is 9.91. The number of fused-ring (bicyclic) bond motifs is 6. The highest BCUT2D eigenvalue weighted by molar-refractivity contribution is 7.90. The van der Waals surface area contributed by atoms with Gasteiger partial charge in [0.15, 0.2) is 0 Å². The van der Waals surface area contributed by atoms with Crippen molar-refractivity contribution in [2.75, 3.05) is 6.61 Å². The Morgan fingerprint density at radius 3 is 2.56 bits per heavy atom. The van der Waals surface area contributed by atoms with E-state index >= 15 is 0 Å².